The van der Waals surface area contributed by atoms with E-state index in [2.05, 4.69) is 5.10 Å². The lowest BCUT2D eigenvalue weighted by atomic mass is 10.3. The van der Waals surface area contributed by atoms with E-state index >= 15 is 0 Å². The average molecular weight is 275 g/mol. The van der Waals surface area contributed by atoms with E-state index in [-0.39, 0.29) is 5.70 Å². The van der Waals surface area contributed by atoms with Gasteiger partial charge in [0.2, 0.25) is 0 Å². The van der Waals surface area contributed by atoms with E-state index in [0.29, 0.717) is 12.3 Å². The standard InChI is InChI=1S/C13H15N3O2.C2H6/c1-3-18-13(17)12(9(2)14)16-8-10-6-4-5-7-11(10)15-16;1-2/h4-8H,3,14H2,1-2H3;1-2H3/b12-9+;. The number of nitrogens with zero attached hydrogens (tertiary/aromatic N) is 2. The third-order valence-electron chi connectivity index (χ3n) is 2.48. The lowest BCUT2D eigenvalue weighted by Crippen LogP contribution is -2.17. The number of hydrogen-bond acceptors (Lipinski definition) is 4. The quantitative estimate of drug-likeness (QED) is 0.690. The molecular formula is C15H21N3O2. The van der Waals surface area contributed by atoms with Crippen LogP contribution in [0.1, 0.15) is 27.7 Å². The van der Waals surface area contributed by atoms with Gasteiger partial charge in [-0.2, -0.15) is 5.10 Å². The SMILES string of the molecule is CC.CCOC(=O)/C(=C(/C)N)n1cc2ccccc2n1. The number of allylic oxidation sites excluding steroid dienone is 1. The zero-order valence-corrected chi connectivity index (χ0v) is 12.4. The molecule has 1 aromatic carbocycles. The Labute approximate surface area is 119 Å². The summed E-state index contributed by atoms with van der Waals surface area (Å²) in [5.74, 6) is -0.467. The maximum atomic E-state index is 11.8. The van der Waals surface area contributed by atoms with Crippen LogP contribution >= 0.6 is 0 Å². The van der Waals surface area contributed by atoms with Crippen molar-refractivity contribution in [3.05, 3.63) is 36.2 Å². The van der Waals surface area contributed by atoms with Crippen molar-refractivity contribution >= 4 is 22.6 Å². The summed E-state index contributed by atoms with van der Waals surface area (Å²) in [4.78, 5) is 11.8. The second-order valence-corrected chi connectivity index (χ2v) is 3.88. The van der Waals surface area contributed by atoms with Crippen LogP contribution in [0.25, 0.3) is 16.6 Å². The molecule has 0 aliphatic rings. The van der Waals surface area contributed by atoms with Crippen molar-refractivity contribution in [2.45, 2.75) is 27.7 Å². The van der Waals surface area contributed by atoms with E-state index < -0.39 is 5.97 Å². The van der Waals surface area contributed by atoms with Crippen molar-refractivity contribution in [3.8, 4) is 0 Å². The Kier molecular flexibility index (Phi) is 5.77. The van der Waals surface area contributed by atoms with Gasteiger partial charge in [-0.1, -0.05) is 32.0 Å². The molecule has 1 heterocycles. The van der Waals surface area contributed by atoms with E-state index in [4.69, 9.17) is 10.5 Å². The maximum absolute atomic E-state index is 11.8. The molecule has 5 nitrogen and oxygen atoms in total. The summed E-state index contributed by atoms with van der Waals surface area (Å²) in [7, 11) is 0. The fourth-order valence-electron chi connectivity index (χ4n) is 1.71. The minimum atomic E-state index is -0.467. The van der Waals surface area contributed by atoms with Crippen molar-refractivity contribution in [1.82, 2.24) is 9.78 Å². The summed E-state index contributed by atoms with van der Waals surface area (Å²) < 4.78 is 6.45. The first-order chi connectivity index (χ1) is 9.63. The highest BCUT2D eigenvalue weighted by Crippen LogP contribution is 2.16. The number of rotatable bonds is 3. The molecule has 2 N–H and O–H groups in total. The summed E-state index contributed by atoms with van der Waals surface area (Å²) in [6.07, 6.45) is 1.76. The Hall–Kier alpha value is -2.30. The van der Waals surface area contributed by atoms with Gasteiger partial charge in [-0.3, -0.25) is 0 Å². The van der Waals surface area contributed by atoms with Crippen LogP contribution < -0.4 is 5.73 Å². The molecule has 0 bridgehead atoms. The number of carbonyl (C=O) groups excluding carboxylic acids is 1. The van der Waals surface area contributed by atoms with Gasteiger partial charge < -0.3 is 10.5 Å². The predicted molar refractivity (Wildman–Crippen MR) is 80.8 cm³/mol. The summed E-state index contributed by atoms with van der Waals surface area (Å²) in [6, 6.07) is 7.61. The first-order valence-electron chi connectivity index (χ1n) is 6.71. The van der Waals surface area contributed by atoms with Gasteiger partial charge in [0.15, 0.2) is 5.70 Å². The van der Waals surface area contributed by atoms with Crippen LogP contribution in [0.15, 0.2) is 36.2 Å². The number of nitrogens with two attached hydrogens (primary N) is 1. The van der Waals surface area contributed by atoms with Gasteiger partial charge in [0, 0.05) is 17.3 Å². The lowest BCUT2D eigenvalue weighted by molar-refractivity contribution is -0.136. The maximum Gasteiger partial charge on any atom is 0.358 e. The number of benzene rings is 1. The molecule has 0 fully saturated rings. The number of esters is 1. The molecule has 0 aliphatic carbocycles. The highest BCUT2D eigenvalue weighted by atomic mass is 16.5. The van der Waals surface area contributed by atoms with E-state index in [0.717, 1.165) is 10.9 Å². The Balaban J connectivity index is 0.000000956. The lowest BCUT2D eigenvalue weighted by Gasteiger charge is -2.08. The third kappa shape index (κ3) is 3.38. The van der Waals surface area contributed by atoms with Gasteiger partial charge >= 0.3 is 5.97 Å². The van der Waals surface area contributed by atoms with Gasteiger partial charge in [-0.15, -0.1) is 0 Å². The van der Waals surface area contributed by atoms with Crippen LogP contribution in [0, 0.1) is 0 Å². The minimum Gasteiger partial charge on any atom is -0.461 e. The number of ether oxygens (including phenoxy) is 1. The smallest absolute Gasteiger partial charge is 0.358 e. The topological polar surface area (TPSA) is 70.1 Å². The van der Waals surface area contributed by atoms with Crippen LogP contribution in [-0.4, -0.2) is 22.4 Å². The molecule has 1 aromatic heterocycles. The first kappa shape index (κ1) is 15.8. The molecule has 108 valence electrons. The normalized spacial score (nSPS) is 11.4. The van der Waals surface area contributed by atoms with Crippen molar-refractivity contribution in [2.75, 3.05) is 6.61 Å². The van der Waals surface area contributed by atoms with Crippen LogP contribution in [0.5, 0.6) is 0 Å². The third-order valence-corrected chi connectivity index (χ3v) is 2.48. The number of carbonyl (C=O) groups is 1. The molecule has 0 saturated heterocycles. The second-order valence-electron chi connectivity index (χ2n) is 3.88. The van der Waals surface area contributed by atoms with Crippen LogP contribution in [-0.2, 0) is 9.53 Å². The summed E-state index contributed by atoms with van der Waals surface area (Å²) in [5, 5.41) is 5.26. The largest absolute Gasteiger partial charge is 0.461 e. The molecule has 0 unspecified atom stereocenters. The van der Waals surface area contributed by atoms with Crippen molar-refractivity contribution in [1.29, 1.82) is 0 Å². The predicted octanol–water partition coefficient (Wildman–Crippen LogP) is 2.77. The van der Waals surface area contributed by atoms with E-state index in [1.54, 1.807) is 20.0 Å². The first-order valence-corrected chi connectivity index (χ1v) is 6.71. The summed E-state index contributed by atoms with van der Waals surface area (Å²) in [6.45, 7) is 7.70. The van der Waals surface area contributed by atoms with Crippen molar-refractivity contribution < 1.29 is 9.53 Å². The highest BCUT2D eigenvalue weighted by molar-refractivity contribution is 6.11. The van der Waals surface area contributed by atoms with Crippen LogP contribution in [0.3, 0.4) is 0 Å². The molecule has 20 heavy (non-hydrogen) atoms. The Bertz CT molecular complexity index is 577. The fourth-order valence-corrected chi connectivity index (χ4v) is 1.71. The molecule has 0 saturated carbocycles. The molecule has 2 aromatic rings. The van der Waals surface area contributed by atoms with E-state index in [9.17, 15) is 4.79 Å². The summed E-state index contributed by atoms with van der Waals surface area (Å²) in [5.41, 5.74) is 7.18. The van der Waals surface area contributed by atoms with Gasteiger partial charge in [0.1, 0.15) is 0 Å². The average Bonchev–Trinajstić information content (AvgIpc) is 2.84. The van der Waals surface area contributed by atoms with Crippen LogP contribution in [0.2, 0.25) is 0 Å². The van der Waals surface area contributed by atoms with Crippen LogP contribution in [0.4, 0.5) is 0 Å². The van der Waals surface area contributed by atoms with Gasteiger partial charge in [0.05, 0.1) is 12.1 Å². The molecule has 5 heteroatoms. The molecule has 0 atom stereocenters. The number of aromatic nitrogens is 2. The zero-order valence-electron chi connectivity index (χ0n) is 12.4. The molecular weight excluding hydrogens is 254 g/mol. The fraction of sp³-hybridized carbons (Fsp3) is 0.333. The number of fused-ring (bicyclic) bond motifs is 1. The summed E-state index contributed by atoms with van der Waals surface area (Å²) >= 11 is 0. The molecule has 0 spiro atoms. The van der Waals surface area contributed by atoms with Gasteiger partial charge in [0.25, 0.3) is 0 Å². The van der Waals surface area contributed by atoms with E-state index in [1.807, 2.05) is 38.1 Å². The highest BCUT2D eigenvalue weighted by Gasteiger charge is 2.17. The van der Waals surface area contributed by atoms with Gasteiger partial charge in [-0.05, 0) is 19.9 Å². The van der Waals surface area contributed by atoms with E-state index in [1.165, 1.54) is 4.68 Å². The zero-order chi connectivity index (χ0) is 15.1. The second kappa shape index (κ2) is 7.33. The Morgan fingerprint density at radius 3 is 2.55 bits per heavy atom. The van der Waals surface area contributed by atoms with Gasteiger partial charge in [-0.25, -0.2) is 9.48 Å². The molecule has 0 aliphatic heterocycles. The molecule has 0 amide bonds. The Morgan fingerprint density at radius 1 is 1.35 bits per heavy atom. The molecule has 0 radical (unpaired) electrons. The molecule has 2 rings (SSSR count). The van der Waals surface area contributed by atoms with Crippen molar-refractivity contribution in [2.24, 2.45) is 5.73 Å². The minimum absolute atomic E-state index is 0.257. The monoisotopic (exact) mass is 275 g/mol. The Morgan fingerprint density at radius 2 is 2.00 bits per heavy atom. The van der Waals surface area contributed by atoms with Crippen molar-refractivity contribution in [3.63, 3.8) is 0 Å². The number of hydrogen-bond donors (Lipinski definition) is 1.